The van der Waals surface area contributed by atoms with E-state index in [1.165, 1.54) is 16.8 Å². The van der Waals surface area contributed by atoms with Crippen molar-refractivity contribution in [2.75, 3.05) is 11.4 Å². The van der Waals surface area contributed by atoms with Crippen LogP contribution in [0.15, 0.2) is 59.7 Å². The Hall–Kier alpha value is -3.60. The van der Waals surface area contributed by atoms with E-state index in [0.717, 1.165) is 28.4 Å². The number of hydrogen-bond donors (Lipinski definition) is 2. The third-order valence-electron chi connectivity index (χ3n) is 6.16. The topological polar surface area (TPSA) is 64.9 Å². The lowest BCUT2D eigenvalue weighted by molar-refractivity contribution is 0.0952. The number of allylic oxidation sites excluding steroid dienone is 1. The van der Waals surface area contributed by atoms with E-state index in [1.807, 2.05) is 31.2 Å². The number of nitrogens with one attached hydrogen (secondary N) is 1. The van der Waals surface area contributed by atoms with E-state index in [2.05, 4.69) is 61.3 Å². The highest BCUT2D eigenvalue weighted by Crippen LogP contribution is 2.39. The number of phenolic OH excluding ortho intramolecular Hbond substituents is 1. The Labute approximate surface area is 189 Å². The van der Waals surface area contributed by atoms with Crippen LogP contribution in [0.5, 0.6) is 5.75 Å². The number of fused-ring (bicyclic) bond motifs is 2. The van der Waals surface area contributed by atoms with Crippen LogP contribution in [0.4, 0.5) is 5.69 Å². The van der Waals surface area contributed by atoms with E-state index in [9.17, 15) is 9.90 Å². The van der Waals surface area contributed by atoms with Crippen molar-refractivity contribution in [1.82, 2.24) is 5.43 Å². The van der Waals surface area contributed by atoms with Gasteiger partial charge >= 0.3 is 0 Å². The van der Waals surface area contributed by atoms with Crippen molar-refractivity contribution in [2.24, 2.45) is 5.10 Å². The molecule has 32 heavy (non-hydrogen) atoms. The van der Waals surface area contributed by atoms with Crippen molar-refractivity contribution >= 4 is 34.2 Å². The number of phenols is 1. The third-order valence-corrected chi connectivity index (χ3v) is 6.16. The number of carbonyl (C=O) groups excluding carboxylic acids is 1. The molecule has 2 N–H and O–H groups in total. The van der Waals surface area contributed by atoms with Crippen molar-refractivity contribution < 1.29 is 9.90 Å². The van der Waals surface area contributed by atoms with Gasteiger partial charge in [0.1, 0.15) is 5.75 Å². The van der Waals surface area contributed by atoms with Gasteiger partial charge in [0.2, 0.25) is 0 Å². The highest BCUT2D eigenvalue weighted by atomic mass is 16.3. The van der Waals surface area contributed by atoms with Gasteiger partial charge in [-0.25, -0.2) is 5.43 Å². The second-order valence-corrected chi connectivity index (χ2v) is 8.87. The maximum atomic E-state index is 12.6. The van der Waals surface area contributed by atoms with Gasteiger partial charge in [0.15, 0.2) is 0 Å². The Kier molecular flexibility index (Phi) is 5.51. The Balaban J connectivity index is 1.59. The van der Waals surface area contributed by atoms with Crippen LogP contribution in [0.1, 0.15) is 54.7 Å². The first-order chi connectivity index (χ1) is 15.2. The number of benzene rings is 3. The van der Waals surface area contributed by atoms with Crippen molar-refractivity contribution in [3.05, 3.63) is 76.9 Å². The largest absolute Gasteiger partial charge is 0.507 e. The van der Waals surface area contributed by atoms with Gasteiger partial charge in [-0.3, -0.25) is 4.79 Å². The summed E-state index contributed by atoms with van der Waals surface area (Å²) in [7, 11) is 0. The summed E-state index contributed by atoms with van der Waals surface area (Å²) >= 11 is 0. The van der Waals surface area contributed by atoms with E-state index in [0.29, 0.717) is 0 Å². The lowest BCUT2D eigenvalue weighted by Gasteiger charge is -2.43. The third kappa shape index (κ3) is 3.86. The SMILES string of the molecule is CCN1c2cc(C)c(/C=N\NC(=O)c3cc4ccccc4cc3O)cc2C(C)=CC1(C)C. The van der Waals surface area contributed by atoms with E-state index in [-0.39, 0.29) is 16.9 Å². The quantitative estimate of drug-likeness (QED) is 0.418. The van der Waals surface area contributed by atoms with Gasteiger partial charge in [0.05, 0.1) is 17.3 Å². The first-order valence-corrected chi connectivity index (χ1v) is 10.9. The van der Waals surface area contributed by atoms with Crippen LogP contribution in [0, 0.1) is 6.92 Å². The second kappa shape index (κ2) is 8.15. The van der Waals surface area contributed by atoms with Gasteiger partial charge in [0, 0.05) is 17.8 Å². The number of aryl methyl sites for hydroxylation is 1. The normalized spacial score (nSPS) is 15.0. The summed E-state index contributed by atoms with van der Waals surface area (Å²) in [6.45, 7) is 11.7. The van der Waals surface area contributed by atoms with Crippen LogP contribution in [-0.2, 0) is 0 Å². The summed E-state index contributed by atoms with van der Waals surface area (Å²) in [5.41, 5.74) is 8.36. The van der Waals surface area contributed by atoms with Gasteiger partial charge in [-0.2, -0.15) is 5.10 Å². The van der Waals surface area contributed by atoms with Crippen molar-refractivity contribution in [2.45, 2.75) is 40.2 Å². The molecule has 0 fully saturated rings. The smallest absolute Gasteiger partial charge is 0.275 e. The molecule has 0 bridgehead atoms. The van der Waals surface area contributed by atoms with E-state index >= 15 is 0 Å². The molecule has 1 amide bonds. The molecule has 5 heteroatoms. The van der Waals surface area contributed by atoms with Gasteiger partial charge in [-0.15, -0.1) is 0 Å². The lowest BCUT2D eigenvalue weighted by atomic mass is 9.87. The molecule has 164 valence electrons. The van der Waals surface area contributed by atoms with Crippen molar-refractivity contribution in [3.8, 4) is 5.75 Å². The zero-order chi connectivity index (χ0) is 23.0. The van der Waals surface area contributed by atoms with Crippen molar-refractivity contribution in [1.29, 1.82) is 0 Å². The summed E-state index contributed by atoms with van der Waals surface area (Å²) in [4.78, 5) is 15.0. The maximum absolute atomic E-state index is 12.6. The minimum atomic E-state index is -0.449. The average molecular weight is 428 g/mol. The summed E-state index contributed by atoms with van der Waals surface area (Å²) < 4.78 is 0. The number of anilines is 1. The summed E-state index contributed by atoms with van der Waals surface area (Å²) in [5.74, 6) is -0.514. The fraction of sp³-hybridized carbons (Fsp3) is 0.259. The van der Waals surface area contributed by atoms with Gasteiger partial charge in [-0.05, 0) is 86.4 Å². The fourth-order valence-corrected chi connectivity index (χ4v) is 4.59. The number of hydrazone groups is 1. The molecule has 5 nitrogen and oxygen atoms in total. The molecule has 1 aliphatic rings. The van der Waals surface area contributed by atoms with E-state index in [1.54, 1.807) is 18.3 Å². The predicted molar refractivity (Wildman–Crippen MR) is 133 cm³/mol. The molecule has 1 heterocycles. The van der Waals surface area contributed by atoms with Crippen molar-refractivity contribution in [3.63, 3.8) is 0 Å². The standard InChI is InChI=1S/C27H29N3O2/c1-6-30-24-11-17(2)21(13-22(24)18(3)15-27(30,4)5)16-28-29-26(32)23-12-19-9-7-8-10-20(19)14-25(23)31/h7-16,31H,6H2,1-5H3,(H,29,32)/b28-16-. The number of nitrogens with zero attached hydrogens (tertiary/aromatic N) is 2. The number of carbonyl (C=O) groups is 1. The Morgan fingerprint density at radius 1 is 1.12 bits per heavy atom. The number of likely N-dealkylation sites (N-methyl/N-ethyl adjacent to an activating group) is 1. The molecule has 0 saturated heterocycles. The maximum Gasteiger partial charge on any atom is 0.275 e. The van der Waals surface area contributed by atoms with E-state index < -0.39 is 5.91 Å². The summed E-state index contributed by atoms with van der Waals surface area (Å²) in [5, 5.41) is 16.2. The molecule has 0 saturated carbocycles. The van der Waals surface area contributed by atoms with Crippen LogP contribution in [0.25, 0.3) is 16.3 Å². The van der Waals surface area contributed by atoms with Crippen LogP contribution in [0.3, 0.4) is 0 Å². The molecular formula is C27H29N3O2. The number of rotatable bonds is 4. The highest BCUT2D eigenvalue weighted by molar-refractivity contribution is 6.02. The number of hydrogen-bond acceptors (Lipinski definition) is 4. The molecule has 0 unspecified atom stereocenters. The Morgan fingerprint density at radius 3 is 2.50 bits per heavy atom. The fourth-order valence-electron chi connectivity index (χ4n) is 4.59. The minimum Gasteiger partial charge on any atom is -0.507 e. The predicted octanol–water partition coefficient (Wildman–Crippen LogP) is 5.64. The molecule has 0 atom stereocenters. The van der Waals surface area contributed by atoms with Crippen LogP contribution in [-0.4, -0.2) is 29.3 Å². The Morgan fingerprint density at radius 2 is 1.81 bits per heavy atom. The lowest BCUT2D eigenvalue weighted by Crippen LogP contribution is -2.45. The molecule has 3 aromatic rings. The molecule has 4 rings (SSSR count). The zero-order valence-electron chi connectivity index (χ0n) is 19.2. The van der Waals surface area contributed by atoms with Gasteiger partial charge < -0.3 is 10.0 Å². The monoisotopic (exact) mass is 427 g/mol. The van der Waals surface area contributed by atoms with Gasteiger partial charge in [-0.1, -0.05) is 30.3 Å². The van der Waals surface area contributed by atoms with Gasteiger partial charge in [0.25, 0.3) is 5.91 Å². The molecule has 0 aromatic heterocycles. The summed E-state index contributed by atoms with van der Waals surface area (Å²) in [6.07, 6.45) is 3.95. The summed E-state index contributed by atoms with van der Waals surface area (Å²) in [6, 6.07) is 15.2. The highest BCUT2D eigenvalue weighted by Gasteiger charge is 2.30. The van der Waals surface area contributed by atoms with Crippen LogP contribution >= 0.6 is 0 Å². The Bertz CT molecular complexity index is 1270. The molecule has 3 aromatic carbocycles. The first-order valence-electron chi connectivity index (χ1n) is 10.9. The molecular weight excluding hydrogens is 398 g/mol. The molecule has 1 aliphatic heterocycles. The first kappa shape index (κ1) is 21.6. The number of aromatic hydroxyl groups is 1. The molecule has 0 aliphatic carbocycles. The average Bonchev–Trinajstić information content (AvgIpc) is 2.73. The van der Waals surface area contributed by atoms with Crippen LogP contribution < -0.4 is 10.3 Å². The zero-order valence-corrected chi connectivity index (χ0v) is 19.2. The number of amides is 1. The van der Waals surface area contributed by atoms with E-state index in [4.69, 9.17) is 0 Å². The van der Waals surface area contributed by atoms with Crippen LogP contribution in [0.2, 0.25) is 0 Å². The molecule has 0 radical (unpaired) electrons. The minimum absolute atomic E-state index is 0.0380. The molecule has 0 spiro atoms. The second-order valence-electron chi connectivity index (χ2n) is 8.87.